The van der Waals surface area contributed by atoms with Gasteiger partial charge >= 0.3 is 0 Å². The number of nitrogens with one attached hydrogen (secondary N) is 1. The van der Waals surface area contributed by atoms with Crippen molar-refractivity contribution in [3.05, 3.63) is 71.1 Å². The number of hydrogen-bond acceptors (Lipinski definition) is 6. The standard InChI is InChI=1S/C22H20N4O3/c1-3-28-16-10-4-13(5-11-16)18-17(12-23)21(24)29-22-19(18)20(25-26-22)14-6-8-15(27-2)9-7-14/h4-11,18H,3,24H2,1-2H3,(H,25,26). The van der Waals surface area contributed by atoms with Gasteiger partial charge in [0, 0.05) is 5.56 Å². The highest BCUT2D eigenvalue weighted by Crippen LogP contribution is 2.45. The smallest absolute Gasteiger partial charge is 0.244 e. The Bertz CT molecular complexity index is 1090. The van der Waals surface area contributed by atoms with Crippen LogP contribution < -0.4 is 19.9 Å². The van der Waals surface area contributed by atoms with Crippen LogP contribution in [0.4, 0.5) is 0 Å². The fourth-order valence-corrected chi connectivity index (χ4v) is 3.48. The molecular formula is C22H20N4O3. The predicted molar refractivity (Wildman–Crippen MR) is 107 cm³/mol. The highest BCUT2D eigenvalue weighted by atomic mass is 16.5. The largest absolute Gasteiger partial charge is 0.497 e. The Kier molecular flexibility index (Phi) is 4.83. The fourth-order valence-electron chi connectivity index (χ4n) is 3.48. The van der Waals surface area contributed by atoms with E-state index in [0.717, 1.165) is 33.9 Å². The summed E-state index contributed by atoms with van der Waals surface area (Å²) in [6, 6.07) is 17.4. The molecule has 1 aromatic heterocycles. The molecule has 0 saturated carbocycles. The average molecular weight is 388 g/mol. The van der Waals surface area contributed by atoms with Crippen LogP contribution in [-0.4, -0.2) is 23.9 Å². The van der Waals surface area contributed by atoms with E-state index in [1.54, 1.807) is 7.11 Å². The molecule has 1 aliphatic rings. The van der Waals surface area contributed by atoms with Crippen molar-refractivity contribution < 1.29 is 14.2 Å². The molecule has 3 aromatic rings. The van der Waals surface area contributed by atoms with Gasteiger partial charge in [-0.15, -0.1) is 5.10 Å². The van der Waals surface area contributed by atoms with Crippen LogP contribution in [0.2, 0.25) is 0 Å². The summed E-state index contributed by atoms with van der Waals surface area (Å²) in [4.78, 5) is 0. The molecule has 2 aromatic carbocycles. The number of methoxy groups -OCH3 is 1. The molecule has 0 radical (unpaired) electrons. The Morgan fingerprint density at radius 1 is 1.14 bits per heavy atom. The van der Waals surface area contributed by atoms with Crippen molar-refractivity contribution in [3.63, 3.8) is 0 Å². The van der Waals surface area contributed by atoms with E-state index in [1.165, 1.54) is 0 Å². The third-order valence-electron chi connectivity index (χ3n) is 4.84. The van der Waals surface area contributed by atoms with E-state index in [2.05, 4.69) is 16.3 Å². The molecule has 0 bridgehead atoms. The van der Waals surface area contributed by atoms with Crippen molar-refractivity contribution in [3.8, 4) is 34.7 Å². The lowest BCUT2D eigenvalue weighted by Gasteiger charge is -2.24. The molecule has 7 nitrogen and oxygen atoms in total. The molecule has 2 heterocycles. The molecule has 1 unspecified atom stereocenters. The number of H-pyrrole nitrogens is 1. The third kappa shape index (κ3) is 3.25. The number of aromatic nitrogens is 2. The van der Waals surface area contributed by atoms with Gasteiger partial charge in [-0.1, -0.05) is 12.1 Å². The van der Waals surface area contributed by atoms with Gasteiger partial charge in [-0.2, -0.15) is 5.26 Å². The maximum Gasteiger partial charge on any atom is 0.244 e. The Morgan fingerprint density at radius 2 is 1.83 bits per heavy atom. The minimum Gasteiger partial charge on any atom is -0.497 e. The number of allylic oxidation sites excluding steroid dienone is 1. The zero-order chi connectivity index (χ0) is 20.4. The quantitative estimate of drug-likeness (QED) is 0.690. The second kappa shape index (κ2) is 7.60. The van der Waals surface area contributed by atoms with Gasteiger partial charge in [0.1, 0.15) is 23.1 Å². The topological polar surface area (TPSA) is 106 Å². The second-order valence-electron chi connectivity index (χ2n) is 6.47. The molecule has 4 rings (SSSR count). The molecule has 0 amide bonds. The number of fused-ring (bicyclic) bond motifs is 1. The van der Waals surface area contributed by atoms with Gasteiger partial charge in [0.05, 0.1) is 30.9 Å². The first kappa shape index (κ1) is 18.4. The fraction of sp³-hybridized carbons (Fsp3) is 0.182. The maximum atomic E-state index is 9.79. The number of rotatable bonds is 5. The molecule has 0 aliphatic carbocycles. The zero-order valence-electron chi connectivity index (χ0n) is 16.1. The number of nitriles is 1. The van der Waals surface area contributed by atoms with Crippen LogP contribution in [-0.2, 0) is 0 Å². The SMILES string of the molecule is CCOc1ccc(C2C(C#N)=C(N)Oc3n[nH]c(-c4ccc(OC)cc4)c32)cc1. The second-order valence-corrected chi connectivity index (χ2v) is 6.47. The van der Waals surface area contributed by atoms with Crippen molar-refractivity contribution in [2.24, 2.45) is 5.73 Å². The summed E-state index contributed by atoms with van der Waals surface area (Å²) in [5.74, 6) is 1.54. The predicted octanol–water partition coefficient (Wildman–Crippen LogP) is 3.70. The Hall–Kier alpha value is -3.92. The molecule has 1 aliphatic heterocycles. The van der Waals surface area contributed by atoms with Crippen molar-refractivity contribution >= 4 is 0 Å². The maximum absolute atomic E-state index is 9.79. The summed E-state index contributed by atoms with van der Waals surface area (Å²) >= 11 is 0. The summed E-state index contributed by atoms with van der Waals surface area (Å²) in [6.45, 7) is 2.52. The van der Waals surface area contributed by atoms with Gasteiger partial charge in [0.2, 0.25) is 11.8 Å². The number of hydrogen-bond donors (Lipinski definition) is 2. The van der Waals surface area contributed by atoms with E-state index in [-0.39, 0.29) is 5.88 Å². The minimum atomic E-state index is -0.407. The molecule has 0 saturated heterocycles. The molecule has 1 atom stereocenters. The number of aromatic amines is 1. The number of ether oxygens (including phenoxy) is 3. The molecule has 0 fully saturated rings. The molecule has 146 valence electrons. The van der Waals surface area contributed by atoms with Gasteiger partial charge in [-0.3, -0.25) is 5.10 Å². The van der Waals surface area contributed by atoms with Crippen molar-refractivity contribution in [2.45, 2.75) is 12.8 Å². The van der Waals surface area contributed by atoms with Gasteiger partial charge in [0.25, 0.3) is 0 Å². The van der Waals surface area contributed by atoms with Gasteiger partial charge in [0.15, 0.2) is 0 Å². The molecule has 0 spiro atoms. The number of nitrogens with two attached hydrogens (primary N) is 1. The lowest BCUT2D eigenvalue weighted by Crippen LogP contribution is -2.21. The van der Waals surface area contributed by atoms with Crippen LogP contribution in [0, 0.1) is 11.3 Å². The Morgan fingerprint density at radius 3 is 2.45 bits per heavy atom. The summed E-state index contributed by atoms with van der Waals surface area (Å²) < 4.78 is 16.4. The molecular weight excluding hydrogens is 368 g/mol. The van der Waals surface area contributed by atoms with Gasteiger partial charge in [-0.25, -0.2) is 0 Å². The van der Waals surface area contributed by atoms with Crippen LogP contribution in [0.5, 0.6) is 17.4 Å². The van der Waals surface area contributed by atoms with Gasteiger partial charge < -0.3 is 19.9 Å². The first-order valence-corrected chi connectivity index (χ1v) is 9.19. The minimum absolute atomic E-state index is 0.0617. The first-order valence-electron chi connectivity index (χ1n) is 9.19. The van der Waals surface area contributed by atoms with Crippen LogP contribution in [0.15, 0.2) is 60.0 Å². The Labute approximate surface area is 168 Å². The van der Waals surface area contributed by atoms with E-state index in [4.69, 9.17) is 19.9 Å². The van der Waals surface area contributed by atoms with Crippen LogP contribution in [0.3, 0.4) is 0 Å². The van der Waals surface area contributed by atoms with E-state index in [9.17, 15) is 5.26 Å². The molecule has 3 N–H and O–H groups in total. The number of nitrogens with zero attached hydrogens (tertiary/aromatic N) is 2. The van der Waals surface area contributed by atoms with E-state index in [0.29, 0.717) is 18.1 Å². The van der Waals surface area contributed by atoms with Crippen molar-refractivity contribution in [1.29, 1.82) is 5.26 Å². The monoisotopic (exact) mass is 388 g/mol. The normalized spacial score (nSPS) is 15.3. The first-order chi connectivity index (χ1) is 14.2. The van der Waals surface area contributed by atoms with Gasteiger partial charge in [-0.05, 0) is 48.9 Å². The third-order valence-corrected chi connectivity index (χ3v) is 4.84. The van der Waals surface area contributed by atoms with E-state index < -0.39 is 5.92 Å². The number of benzene rings is 2. The van der Waals surface area contributed by atoms with Crippen LogP contribution in [0.1, 0.15) is 24.0 Å². The lowest BCUT2D eigenvalue weighted by atomic mass is 9.83. The molecule has 29 heavy (non-hydrogen) atoms. The summed E-state index contributed by atoms with van der Waals surface area (Å²) in [5.41, 5.74) is 9.71. The van der Waals surface area contributed by atoms with Crippen LogP contribution >= 0.6 is 0 Å². The van der Waals surface area contributed by atoms with Crippen LogP contribution in [0.25, 0.3) is 11.3 Å². The summed E-state index contributed by atoms with van der Waals surface area (Å²) in [5, 5.41) is 17.1. The highest BCUT2D eigenvalue weighted by molar-refractivity contribution is 5.71. The lowest BCUT2D eigenvalue weighted by molar-refractivity contribution is 0.340. The summed E-state index contributed by atoms with van der Waals surface area (Å²) in [7, 11) is 1.62. The van der Waals surface area contributed by atoms with E-state index in [1.807, 2.05) is 55.5 Å². The van der Waals surface area contributed by atoms with Crippen molar-refractivity contribution in [2.75, 3.05) is 13.7 Å². The summed E-state index contributed by atoms with van der Waals surface area (Å²) in [6.07, 6.45) is 0. The van der Waals surface area contributed by atoms with E-state index >= 15 is 0 Å². The zero-order valence-corrected chi connectivity index (χ0v) is 16.1. The molecule has 7 heteroatoms. The average Bonchev–Trinajstić information content (AvgIpc) is 3.17. The Balaban J connectivity index is 1.84. The van der Waals surface area contributed by atoms with Crippen molar-refractivity contribution in [1.82, 2.24) is 10.2 Å². The highest BCUT2D eigenvalue weighted by Gasteiger charge is 2.35.